The molecule has 156 valence electrons. The van der Waals surface area contributed by atoms with Crippen molar-refractivity contribution >= 4 is 17.7 Å². The first-order valence-electron chi connectivity index (χ1n) is 8.98. The number of nitrogens with one attached hydrogen (secondary N) is 1. The number of benzene rings is 1. The lowest BCUT2D eigenvalue weighted by molar-refractivity contribution is -0.137. The third kappa shape index (κ3) is 5.53. The minimum absolute atomic E-state index is 0.0850. The summed E-state index contributed by atoms with van der Waals surface area (Å²) in [5.41, 5.74) is -1.98. The molecule has 0 saturated carbocycles. The van der Waals surface area contributed by atoms with Crippen molar-refractivity contribution in [1.82, 2.24) is 4.90 Å². The molecule has 0 spiro atoms. The number of piperidine rings is 1. The number of aromatic hydroxyl groups is 1. The highest BCUT2D eigenvalue weighted by Gasteiger charge is 2.36. The third-order valence-corrected chi connectivity index (χ3v) is 4.46. The lowest BCUT2D eigenvalue weighted by Crippen LogP contribution is -2.49. The number of carbonyl (C=O) groups is 2. The molecule has 0 bridgehead atoms. The summed E-state index contributed by atoms with van der Waals surface area (Å²) >= 11 is 0. The van der Waals surface area contributed by atoms with Crippen molar-refractivity contribution in [3.63, 3.8) is 0 Å². The maximum Gasteiger partial charge on any atom is 0.416 e. The maximum absolute atomic E-state index is 12.9. The largest absolute Gasteiger partial charge is 0.506 e. The third-order valence-electron chi connectivity index (χ3n) is 4.46. The molecule has 1 saturated heterocycles. The molecule has 2 amide bonds. The van der Waals surface area contributed by atoms with Crippen LogP contribution in [0.5, 0.6) is 5.75 Å². The van der Waals surface area contributed by atoms with Gasteiger partial charge in [0.1, 0.15) is 11.4 Å². The number of phenolic OH excluding ortho intramolecular Hbond substituents is 1. The van der Waals surface area contributed by atoms with Gasteiger partial charge in [-0.3, -0.25) is 4.79 Å². The van der Waals surface area contributed by atoms with Crippen LogP contribution in [0.15, 0.2) is 18.2 Å². The van der Waals surface area contributed by atoms with Crippen LogP contribution in [0, 0.1) is 5.92 Å². The van der Waals surface area contributed by atoms with Crippen LogP contribution in [-0.4, -0.2) is 40.2 Å². The Morgan fingerprint density at radius 3 is 2.43 bits per heavy atom. The fourth-order valence-electron chi connectivity index (χ4n) is 2.94. The Kier molecular flexibility index (Phi) is 6.15. The Morgan fingerprint density at radius 2 is 1.86 bits per heavy atom. The van der Waals surface area contributed by atoms with Crippen molar-refractivity contribution in [3.8, 4) is 5.75 Å². The lowest BCUT2D eigenvalue weighted by Gasteiger charge is -2.38. The van der Waals surface area contributed by atoms with Gasteiger partial charge in [-0.05, 0) is 58.7 Å². The number of hydrogen-bond donors (Lipinski definition) is 2. The van der Waals surface area contributed by atoms with Crippen molar-refractivity contribution < 1.29 is 32.6 Å². The summed E-state index contributed by atoms with van der Waals surface area (Å²) < 4.78 is 43.9. The second-order valence-electron chi connectivity index (χ2n) is 7.97. The number of amides is 2. The second kappa shape index (κ2) is 7.89. The highest BCUT2D eigenvalue weighted by atomic mass is 19.4. The zero-order valence-corrected chi connectivity index (χ0v) is 16.3. The predicted molar refractivity (Wildman–Crippen MR) is 96.9 cm³/mol. The van der Waals surface area contributed by atoms with Gasteiger partial charge in [0, 0.05) is 12.6 Å². The zero-order valence-electron chi connectivity index (χ0n) is 16.3. The minimum atomic E-state index is -4.60. The van der Waals surface area contributed by atoms with E-state index in [9.17, 15) is 27.9 Å². The Hall–Kier alpha value is -2.45. The molecule has 1 fully saturated rings. The van der Waals surface area contributed by atoms with Gasteiger partial charge in [0.2, 0.25) is 5.91 Å². The molecule has 0 radical (unpaired) electrons. The van der Waals surface area contributed by atoms with Crippen LogP contribution in [0.2, 0.25) is 0 Å². The van der Waals surface area contributed by atoms with E-state index >= 15 is 0 Å². The van der Waals surface area contributed by atoms with E-state index in [1.165, 1.54) is 4.90 Å². The number of likely N-dealkylation sites (tertiary alicyclic amines) is 1. The molecule has 9 heteroatoms. The number of nitrogens with zero attached hydrogens (tertiary/aromatic N) is 1. The van der Waals surface area contributed by atoms with Gasteiger partial charge < -0.3 is 20.1 Å². The quantitative estimate of drug-likeness (QED) is 0.720. The second-order valence-corrected chi connectivity index (χ2v) is 7.97. The average Bonchev–Trinajstić information content (AvgIpc) is 2.54. The molecule has 0 aromatic heterocycles. The number of carbonyl (C=O) groups excluding carboxylic acids is 2. The number of alkyl halides is 3. The smallest absolute Gasteiger partial charge is 0.416 e. The minimum Gasteiger partial charge on any atom is -0.506 e. The Balaban J connectivity index is 2.11. The highest BCUT2D eigenvalue weighted by molar-refractivity contribution is 5.94. The lowest BCUT2D eigenvalue weighted by atomic mass is 9.93. The van der Waals surface area contributed by atoms with Gasteiger partial charge in [0.15, 0.2) is 0 Å². The van der Waals surface area contributed by atoms with Gasteiger partial charge in [0.05, 0.1) is 17.2 Å². The molecule has 28 heavy (non-hydrogen) atoms. The number of rotatable bonds is 2. The first kappa shape index (κ1) is 21.8. The Labute approximate surface area is 161 Å². The molecule has 1 aliphatic heterocycles. The number of phenols is 1. The van der Waals surface area contributed by atoms with E-state index in [2.05, 4.69) is 5.32 Å². The molecule has 6 nitrogen and oxygen atoms in total. The molecule has 0 aliphatic carbocycles. The first-order valence-corrected chi connectivity index (χ1v) is 8.98. The average molecular weight is 402 g/mol. The summed E-state index contributed by atoms with van der Waals surface area (Å²) in [4.78, 5) is 26.4. The van der Waals surface area contributed by atoms with E-state index in [0.29, 0.717) is 18.9 Å². The highest BCUT2D eigenvalue weighted by Crippen LogP contribution is 2.35. The van der Waals surface area contributed by atoms with E-state index in [4.69, 9.17) is 4.74 Å². The van der Waals surface area contributed by atoms with E-state index in [1.54, 1.807) is 20.8 Å². The van der Waals surface area contributed by atoms with Crippen LogP contribution in [0.3, 0.4) is 0 Å². The van der Waals surface area contributed by atoms with Gasteiger partial charge in [-0.1, -0.05) is 0 Å². The van der Waals surface area contributed by atoms with Gasteiger partial charge >= 0.3 is 12.3 Å². The standard InChI is InChI=1S/C19H25F3N2O4/c1-11-5-6-12(10-24(11)17(27)28-18(2,3)4)16(26)23-14-9-13(19(20,21)22)7-8-15(14)25/h7-9,11-12,25H,5-6,10H2,1-4H3,(H,23,26)/t11-,12?/m1/s1. The van der Waals surface area contributed by atoms with E-state index < -0.39 is 41.0 Å². The van der Waals surface area contributed by atoms with Crippen LogP contribution >= 0.6 is 0 Å². The number of hydrogen-bond acceptors (Lipinski definition) is 4. The SMILES string of the molecule is C[C@@H]1CCC(C(=O)Nc2cc(C(F)(F)F)ccc2O)CN1C(=O)OC(C)(C)C. The monoisotopic (exact) mass is 402 g/mol. The van der Waals surface area contributed by atoms with Crippen LogP contribution in [0.1, 0.15) is 46.1 Å². The summed E-state index contributed by atoms with van der Waals surface area (Å²) in [7, 11) is 0. The molecule has 1 aromatic rings. The van der Waals surface area contributed by atoms with E-state index in [-0.39, 0.29) is 18.3 Å². The van der Waals surface area contributed by atoms with Crippen LogP contribution in [0.4, 0.5) is 23.7 Å². The van der Waals surface area contributed by atoms with Gasteiger partial charge in [-0.15, -0.1) is 0 Å². The molecule has 1 heterocycles. The first-order chi connectivity index (χ1) is 12.8. The summed E-state index contributed by atoms with van der Waals surface area (Å²) in [6.45, 7) is 7.14. The topological polar surface area (TPSA) is 78.9 Å². The van der Waals surface area contributed by atoms with Crippen LogP contribution in [0.25, 0.3) is 0 Å². The van der Waals surface area contributed by atoms with Crippen molar-refractivity contribution in [1.29, 1.82) is 0 Å². The van der Waals surface area contributed by atoms with Crippen LogP contribution in [-0.2, 0) is 15.7 Å². The van der Waals surface area contributed by atoms with Gasteiger partial charge in [0.25, 0.3) is 0 Å². The van der Waals surface area contributed by atoms with Crippen molar-refractivity contribution in [2.24, 2.45) is 5.92 Å². The van der Waals surface area contributed by atoms with E-state index in [1.807, 2.05) is 6.92 Å². The molecule has 2 rings (SSSR count). The Bertz CT molecular complexity index is 744. The van der Waals surface area contributed by atoms with Crippen LogP contribution < -0.4 is 5.32 Å². The molecule has 2 N–H and O–H groups in total. The summed E-state index contributed by atoms with van der Waals surface area (Å²) in [6.07, 6.45) is -4.13. The summed E-state index contributed by atoms with van der Waals surface area (Å²) in [5, 5.41) is 12.1. The molecule has 1 aromatic carbocycles. The summed E-state index contributed by atoms with van der Waals surface area (Å²) in [5.74, 6) is -1.65. The number of anilines is 1. The predicted octanol–water partition coefficient (Wildman–Crippen LogP) is 4.39. The molecule has 1 aliphatic rings. The van der Waals surface area contributed by atoms with Gasteiger partial charge in [-0.2, -0.15) is 13.2 Å². The number of halogens is 3. The normalized spacial score (nSPS) is 20.6. The molecule has 2 atom stereocenters. The maximum atomic E-state index is 12.9. The fourth-order valence-corrected chi connectivity index (χ4v) is 2.94. The number of ether oxygens (including phenoxy) is 1. The Morgan fingerprint density at radius 1 is 1.21 bits per heavy atom. The van der Waals surface area contributed by atoms with Crippen molar-refractivity contribution in [2.45, 2.75) is 58.4 Å². The zero-order chi connectivity index (χ0) is 21.3. The molecular formula is C19H25F3N2O4. The molecular weight excluding hydrogens is 377 g/mol. The van der Waals surface area contributed by atoms with Crippen molar-refractivity contribution in [2.75, 3.05) is 11.9 Å². The summed E-state index contributed by atoms with van der Waals surface area (Å²) in [6, 6.07) is 2.18. The fraction of sp³-hybridized carbons (Fsp3) is 0.579. The van der Waals surface area contributed by atoms with E-state index in [0.717, 1.165) is 12.1 Å². The molecule has 1 unspecified atom stereocenters. The van der Waals surface area contributed by atoms with Crippen molar-refractivity contribution in [3.05, 3.63) is 23.8 Å². The van der Waals surface area contributed by atoms with Gasteiger partial charge in [-0.25, -0.2) is 4.79 Å².